The Morgan fingerprint density at radius 3 is 2.79 bits per heavy atom. The number of benzene rings is 2. The molecule has 2 aromatic carbocycles. The van der Waals surface area contributed by atoms with Crippen molar-refractivity contribution in [2.75, 3.05) is 11.4 Å². The molecule has 2 aromatic heterocycles. The molecular weight excluding hydrogens is 387 g/mol. The Morgan fingerprint density at radius 2 is 1.97 bits per heavy atom. The van der Waals surface area contributed by atoms with Gasteiger partial charge in [-0.2, -0.15) is 0 Å². The van der Waals surface area contributed by atoms with E-state index in [2.05, 4.69) is 10.1 Å². The Kier molecular flexibility index (Phi) is 4.44. The number of anilines is 1. The average Bonchev–Trinajstić information content (AvgIpc) is 3.42. The molecule has 0 atom stereocenters. The SMILES string of the molecule is O=C(c1nc(-c2cccs2)n(-c2cccc(F)c2)n1)N1CCCc2ccccc21. The minimum Gasteiger partial charge on any atom is -0.305 e. The number of rotatable bonds is 3. The molecule has 5 nitrogen and oxygen atoms in total. The number of aromatic nitrogens is 3. The van der Waals surface area contributed by atoms with Gasteiger partial charge < -0.3 is 4.90 Å². The first kappa shape index (κ1) is 17.8. The monoisotopic (exact) mass is 404 g/mol. The highest BCUT2D eigenvalue weighted by Crippen LogP contribution is 2.30. The molecule has 0 saturated heterocycles. The summed E-state index contributed by atoms with van der Waals surface area (Å²) in [6, 6.07) is 17.9. The third-order valence-electron chi connectivity index (χ3n) is 4.95. The predicted octanol–water partition coefficient (Wildman–Crippen LogP) is 4.73. The van der Waals surface area contributed by atoms with Gasteiger partial charge in [-0.25, -0.2) is 14.1 Å². The first-order valence-corrected chi connectivity index (χ1v) is 10.3. The number of hydrogen-bond acceptors (Lipinski definition) is 4. The van der Waals surface area contributed by atoms with E-state index < -0.39 is 0 Å². The van der Waals surface area contributed by atoms with Crippen molar-refractivity contribution in [2.45, 2.75) is 12.8 Å². The van der Waals surface area contributed by atoms with Crippen molar-refractivity contribution in [3.63, 3.8) is 0 Å². The highest BCUT2D eigenvalue weighted by molar-refractivity contribution is 7.13. The number of carbonyl (C=O) groups excluding carboxylic acids is 1. The molecule has 0 bridgehead atoms. The van der Waals surface area contributed by atoms with Crippen LogP contribution >= 0.6 is 11.3 Å². The zero-order valence-electron chi connectivity index (χ0n) is 15.5. The maximum Gasteiger partial charge on any atom is 0.297 e. The molecule has 0 unspecified atom stereocenters. The Hall–Kier alpha value is -3.32. The standard InChI is InChI=1S/C22H17FN4OS/c23-16-8-3-9-17(14-16)27-21(19-11-5-13-29-19)24-20(25-27)22(28)26-12-4-7-15-6-1-2-10-18(15)26/h1-3,5-6,8-11,13-14H,4,7,12H2. The fourth-order valence-electron chi connectivity index (χ4n) is 3.62. The second kappa shape index (κ2) is 7.25. The van der Waals surface area contributed by atoms with Crippen LogP contribution in [0.15, 0.2) is 66.0 Å². The number of amides is 1. The second-order valence-electron chi connectivity index (χ2n) is 6.82. The van der Waals surface area contributed by atoms with Crippen LogP contribution in [0.25, 0.3) is 16.4 Å². The van der Waals surface area contributed by atoms with E-state index in [9.17, 15) is 9.18 Å². The summed E-state index contributed by atoms with van der Waals surface area (Å²) in [7, 11) is 0. The first-order chi connectivity index (χ1) is 14.2. The van der Waals surface area contributed by atoms with Gasteiger partial charge in [0.05, 0.1) is 10.6 Å². The zero-order chi connectivity index (χ0) is 19.8. The van der Waals surface area contributed by atoms with Gasteiger partial charge in [-0.3, -0.25) is 4.79 Å². The Balaban J connectivity index is 1.60. The summed E-state index contributed by atoms with van der Waals surface area (Å²) in [6.07, 6.45) is 1.84. The van der Waals surface area contributed by atoms with Crippen LogP contribution in [0.4, 0.5) is 10.1 Å². The van der Waals surface area contributed by atoms with E-state index in [0.29, 0.717) is 18.1 Å². The molecule has 1 aliphatic heterocycles. The van der Waals surface area contributed by atoms with Crippen molar-refractivity contribution in [3.8, 4) is 16.4 Å². The van der Waals surface area contributed by atoms with Crippen LogP contribution in [0.3, 0.4) is 0 Å². The van der Waals surface area contributed by atoms with Crippen molar-refractivity contribution >= 4 is 22.9 Å². The number of halogens is 1. The molecule has 144 valence electrons. The summed E-state index contributed by atoms with van der Waals surface area (Å²) in [4.78, 5) is 20.5. The molecule has 0 N–H and O–H groups in total. The Bertz CT molecular complexity index is 1190. The largest absolute Gasteiger partial charge is 0.305 e. The number of carbonyl (C=O) groups is 1. The van der Waals surface area contributed by atoms with Crippen LogP contribution in [0, 0.1) is 5.82 Å². The van der Waals surface area contributed by atoms with Gasteiger partial charge in [0.25, 0.3) is 5.91 Å². The molecular formula is C22H17FN4OS. The molecule has 0 radical (unpaired) electrons. The van der Waals surface area contributed by atoms with Gasteiger partial charge in [-0.1, -0.05) is 30.3 Å². The Labute approximate surface area is 171 Å². The van der Waals surface area contributed by atoms with Gasteiger partial charge in [-0.15, -0.1) is 16.4 Å². The van der Waals surface area contributed by atoms with Crippen LogP contribution < -0.4 is 4.90 Å². The normalized spacial score (nSPS) is 13.3. The van der Waals surface area contributed by atoms with Gasteiger partial charge in [0.2, 0.25) is 5.82 Å². The van der Waals surface area contributed by atoms with E-state index in [0.717, 1.165) is 29.0 Å². The molecule has 1 amide bonds. The Morgan fingerprint density at radius 1 is 1.07 bits per heavy atom. The van der Waals surface area contributed by atoms with Crippen molar-refractivity contribution in [2.24, 2.45) is 0 Å². The van der Waals surface area contributed by atoms with Gasteiger partial charge in [0, 0.05) is 12.2 Å². The fourth-order valence-corrected chi connectivity index (χ4v) is 4.32. The maximum absolute atomic E-state index is 13.8. The summed E-state index contributed by atoms with van der Waals surface area (Å²) in [5.74, 6) is 0.0201. The van der Waals surface area contributed by atoms with E-state index in [1.165, 1.54) is 28.2 Å². The molecule has 0 saturated carbocycles. The summed E-state index contributed by atoms with van der Waals surface area (Å²) >= 11 is 1.50. The van der Waals surface area contributed by atoms with Gasteiger partial charge in [0.1, 0.15) is 5.82 Å². The lowest BCUT2D eigenvalue weighted by Gasteiger charge is -2.28. The lowest BCUT2D eigenvalue weighted by atomic mass is 10.0. The molecule has 4 aromatic rings. The number of nitrogens with zero attached hydrogens (tertiary/aromatic N) is 4. The topological polar surface area (TPSA) is 51.0 Å². The van der Waals surface area contributed by atoms with Crippen LogP contribution in [-0.4, -0.2) is 27.2 Å². The first-order valence-electron chi connectivity index (χ1n) is 9.37. The highest BCUT2D eigenvalue weighted by Gasteiger charge is 2.28. The van der Waals surface area contributed by atoms with Crippen LogP contribution in [0.5, 0.6) is 0 Å². The number of para-hydroxylation sites is 1. The quantitative estimate of drug-likeness (QED) is 0.496. The minimum absolute atomic E-state index is 0.106. The highest BCUT2D eigenvalue weighted by atomic mass is 32.1. The van der Waals surface area contributed by atoms with Gasteiger partial charge in [-0.05, 0) is 54.1 Å². The molecule has 3 heterocycles. The van der Waals surface area contributed by atoms with Gasteiger partial charge in [0.15, 0.2) is 5.82 Å². The van der Waals surface area contributed by atoms with E-state index >= 15 is 0 Å². The fraction of sp³-hybridized carbons (Fsp3) is 0.136. The average molecular weight is 404 g/mol. The van der Waals surface area contributed by atoms with Crippen LogP contribution in [0.2, 0.25) is 0 Å². The third kappa shape index (κ3) is 3.23. The van der Waals surface area contributed by atoms with Crippen LogP contribution in [0.1, 0.15) is 22.6 Å². The van der Waals surface area contributed by atoms with E-state index in [4.69, 9.17) is 0 Å². The third-order valence-corrected chi connectivity index (χ3v) is 5.81. The zero-order valence-corrected chi connectivity index (χ0v) is 16.3. The van der Waals surface area contributed by atoms with E-state index in [-0.39, 0.29) is 17.5 Å². The van der Waals surface area contributed by atoms with Crippen molar-refractivity contribution < 1.29 is 9.18 Å². The minimum atomic E-state index is -0.368. The number of fused-ring (bicyclic) bond motifs is 1. The number of thiophene rings is 1. The van der Waals surface area contributed by atoms with E-state index in [1.807, 2.05) is 41.8 Å². The summed E-state index contributed by atoms with van der Waals surface area (Å²) < 4.78 is 15.4. The van der Waals surface area contributed by atoms with Crippen molar-refractivity contribution in [1.82, 2.24) is 14.8 Å². The lowest BCUT2D eigenvalue weighted by Crippen LogP contribution is -2.36. The summed E-state index contributed by atoms with van der Waals surface area (Å²) in [5, 5.41) is 6.41. The molecule has 0 fully saturated rings. The lowest BCUT2D eigenvalue weighted by molar-refractivity contribution is 0.0975. The second-order valence-corrected chi connectivity index (χ2v) is 7.76. The summed E-state index contributed by atoms with van der Waals surface area (Å²) in [6.45, 7) is 0.624. The van der Waals surface area contributed by atoms with Crippen LogP contribution in [-0.2, 0) is 6.42 Å². The molecule has 7 heteroatoms. The van der Waals surface area contributed by atoms with Crippen molar-refractivity contribution in [1.29, 1.82) is 0 Å². The predicted molar refractivity (Wildman–Crippen MR) is 111 cm³/mol. The number of hydrogen-bond donors (Lipinski definition) is 0. The smallest absolute Gasteiger partial charge is 0.297 e. The molecule has 0 spiro atoms. The van der Waals surface area contributed by atoms with Gasteiger partial charge >= 0.3 is 0 Å². The molecule has 1 aliphatic rings. The van der Waals surface area contributed by atoms with Crippen molar-refractivity contribution in [3.05, 3.63) is 83.2 Å². The number of aryl methyl sites for hydroxylation is 1. The van der Waals surface area contributed by atoms with E-state index in [1.54, 1.807) is 17.0 Å². The summed E-state index contributed by atoms with van der Waals surface area (Å²) in [5.41, 5.74) is 2.58. The molecule has 0 aliphatic carbocycles. The maximum atomic E-state index is 13.8. The molecule has 5 rings (SSSR count). The molecule has 29 heavy (non-hydrogen) atoms.